The Morgan fingerprint density at radius 3 is 2.82 bits per heavy atom. The number of para-hydroxylation sites is 1. The third kappa shape index (κ3) is 2.67. The lowest BCUT2D eigenvalue weighted by Gasteiger charge is -2.13. The molecular weight excluding hydrogens is 338 g/mol. The summed E-state index contributed by atoms with van der Waals surface area (Å²) in [5.41, 5.74) is 5.04. The van der Waals surface area contributed by atoms with Crippen molar-refractivity contribution in [2.75, 3.05) is 0 Å². The van der Waals surface area contributed by atoms with E-state index in [4.69, 9.17) is 4.74 Å². The zero-order chi connectivity index (χ0) is 15.5. The molecule has 1 heterocycles. The minimum absolute atomic E-state index is 0.514. The average Bonchev–Trinajstić information content (AvgIpc) is 2.69. The maximum absolute atomic E-state index is 9.65. The summed E-state index contributed by atoms with van der Waals surface area (Å²) in [5.74, 6) is 0.841. The van der Waals surface area contributed by atoms with Crippen molar-refractivity contribution >= 4 is 21.5 Å². The summed E-state index contributed by atoms with van der Waals surface area (Å²) in [7, 11) is 0. The van der Waals surface area contributed by atoms with Crippen LogP contribution in [0.1, 0.15) is 36.5 Å². The van der Waals surface area contributed by atoms with E-state index in [1.807, 2.05) is 30.3 Å². The fraction of sp³-hybridized carbons (Fsp3) is 0.211. The van der Waals surface area contributed by atoms with Gasteiger partial charge in [0.15, 0.2) is 0 Å². The van der Waals surface area contributed by atoms with Crippen LogP contribution < -0.4 is 4.74 Å². The number of nitriles is 1. The highest BCUT2D eigenvalue weighted by Gasteiger charge is 2.22. The van der Waals surface area contributed by atoms with Crippen molar-refractivity contribution in [2.24, 2.45) is 0 Å². The molecule has 0 aliphatic carbocycles. The average molecular weight is 354 g/mol. The normalized spacial score (nSPS) is 15.0. The van der Waals surface area contributed by atoms with Crippen molar-refractivity contribution in [3.63, 3.8) is 0 Å². The number of nitrogens with zero attached hydrogens (tertiary/aromatic N) is 1. The monoisotopic (exact) mass is 353 g/mol. The van der Waals surface area contributed by atoms with Crippen LogP contribution in [0, 0.1) is 11.3 Å². The van der Waals surface area contributed by atoms with Gasteiger partial charge in [-0.05, 0) is 35.7 Å². The molecule has 2 aromatic carbocycles. The van der Waals surface area contributed by atoms with Crippen LogP contribution in [-0.4, -0.2) is 0 Å². The van der Waals surface area contributed by atoms with Crippen molar-refractivity contribution in [3.05, 3.63) is 69.2 Å². The Balaban J connectivity index is 2.33. The van der Waals surface area contributed by atoms with Crippen LogP contribution in [0.25, 0.3) is 5.57 Å². The van der Waals surface area contributed by atoms with Crippen LogP contribution in [0.3, 0.4) is 0 Å². The van der Waals surface area contributed by atoms with E-state index in [-0.39, 0.29) is 0 Å². The first-order chi connectivity index (χ1) is 10.7. The van der Waals surface area contributed by atoms with Crippen molar-refractivity contribution in [1.82, 2.24) is 0 Å². The highest BCUT2D eigenvalue weighted by atomic mass is 79.9. The molecule has 0 atom stereocenters. The van der Waals surface area contributed by atoms with E-state index >= 15 is 0 Å². The molecule has 0 saturated heterocycles. The SMILES string of the molecule is CCCC(C#N)=C1c2ccc(Br)cc2COc2ccccc21. The zero-order valence-electron chi connectivity index (χ0n) is 12.4. The molecule has 22 heavy (non-hydrogen) atoms. The van der Waals surface area contributed by atoms with Crippen LogP contribution in [-0.2, 0) is 6.61 Å². The zero-order valence-corrected chi connectivity index (χ0v) is 14.0. The number of rotatable bonds is 2. The summed E-state index contributed by atoms with van der Waals surface area (Å²) in [6.45, 7) is 2.61. The maximum atomic E-state index is 9.65. The third-order valence-corrected chi connectivity index (χ3v) is 4.31. The third-order valence-electron chi connectivity index (χ3n) is 3.81. The summed E-state index contributed by atoms with van der Waals surface area (Å²) in [6.07, 6.45) is 1.72. The quantitative estimate of drug-likeness (QED) is 0.670. The second-order valence-electron chi connectivity index (χ2n) is 5.30. The molecule has 2 nitrogen and oxygen atoms in total. The Morgan fingerprint density at radius 2 is 2.05 bits per heavy atom. The van der Waals surface area contributed by atoms with Crippen molar-refractivity contribution < 1.29 is 4.74 Å². The summed E-state index contributed by atoms with van der Waals surface area (Å²) in [6, 6.07) is 16.5. The highest BCUT2D eigenvalue weighted by molar-refractivity contribution is 9.10. The fourth-order valence-corrected chi connectivity index (χ4v) is 3.25. The molecule has 3 heteroatoms. The van der Waals surface area contributed by atoms with Gasteiger partial charge in [-0.2, -0.15) is 5.26 Å². The predicted molar refractivity (Wildman–Crippen MR) is 91.5 cm³/mol. The summed E-state index contributed by atoms with van der Waals surface area (Å²) < 4.78 is 6.99. The molecule has 0 fully saturated rings. The van der Waals surface area contributed by atoms with E-state index in [9.17, 15) is 5.26 Å². The van der Waals surface area contributed by atoms with E-state index in [0.29, 0.717) is 6.61 Å². The first-order valence-electron chi connectivity index (χ1n) is 7.38. The molecule has 1 aliphatic rings. The minimum Gasteiger partial charge on any atom is -0.488 e. The molecule has 0 spiro atoms. The smallest absolute Gasteiger partial charge is 0.127 e. The molecular formula is C19H16BrNO. The first-order valence-corrected chi connectivity index (χ1v) is 8.18. The van der Waals surface area contributed by atoms with Gasteiger partial charge in [-0.25, -0.2) is 0 Å². The van der Waals surface area contributed by atoms with Crippen molar-refractivity contribution in [3.8, 4) is 11.8 Å². The lowest BCUT2D eigenvalue weighted by Crippen LogP contribution is -1.97. The molecule has 2 aromatic rings. The predicted octanol–water partition coefficient (Wildman–Crippen LogP) is 5.47. The number of allylic oxidation sites excluding steroid dienone is 1. The summed E-state index contributed by atoms with van der Waals surface area (Å²) >= 11 is 3.52. The lowest BCUT2D eigenvalue weighted by atomic mass is 9.89. The topological polar surface area (TPSA) is 33.0 Å². The Bertz CT molecular complexity index is 786. The van der Waals surface area contributed by atoms with Gasteiger partial charge in [0.1, 0.15) is 12.4 Å². The Kier molecular flexibility index (Phi) is 4.31. The second-order valence-corrected chi connectivity index (χ2v) is 6.22. The molecule has 0 radical (unpaired) electrons. The van der Waals surface area contributed by atoms with Crippen LogP contribution in [0.5, 0.6) is 5.75 Å². The van der Waals surface area contributed by atoms with Gasteiger partial charge < -0.3 is 4.74 Å². The number of hydrogen-bond acceptors (Lipinski definition) is 2. The molecule has 0 unspecified atom stereocenters. The van der Waals surface area contributed by atoms with Gasteiger partial charge in [0.05, 0.1) is 6.07 Å². The number of fused-ring (bicyclic) bond motifs is 2. The molecule has 110 valence electrons. The largest absolute Gasteiger partial charge is 0.488 e. The van der Waals surface area contributed by atoms with Gasteiger partial charge >= 0.3 is 0 Å². The van der Waals surface area contributed by atoms with Gasteiger partial charge in [-0.15, -0.1) is 0 Å². The molecule has 0 bridgehead atoms. The standard InChI is InChI=1S/C19H16BrNO/c1-2-5-13(11-21)19-16-9-8-15(20)10-14(16)12-22-18-7-4-3-6-17(18)19/h3-4,6-10H,2,5,12H2,1H3. The van der Waals surface area contributed by atoms with Crippen LogP contribution >= 0.6 is 15.9 Å². The first kappa shape index (κ1) is 14.9. The van der Waals surface area contributed by atoms with Gasteiger partial charge in [0, 0.05) is 21.2 Å². The molecule has 0 N–H and O–H groups in total. The molecule has 3 rings (SSSR count). The van der Waals surface area contributed by atoms with Gasteiger partial charge in [0.25, 0.3) is 0 Å². The highest BCUT2D eigenvalue weighted by Crippen LogP contribution is 2.39. The van der Waals surface area contributed by atoms with Crippen molar-refractivity contribution in [2.45, 2.75) is 26.4 Å². The van der Waals surface area contributed by atoms with E-state index in [1.54, 1.807) is 0 Å². The van der Waals surface area contributed by atoms with Crippen LogP contribution in [0.4, 0.5) is 0 Å². The van der Waals surface area contributed by atoms with Crippen molar-refractivity contribution in [1.29, 1.82) is 5.26 Å². The molecule has 0 saturated carbocycles. The van der Waals surface area contributed by atoms with Gasteiger partial charge in [0.2, 0.25) is 0 Å². The minimum atomic E-state index is 0.514. The van der Waals surface area contributed by atoms with E-state index in [0.717, 1.165) is 50.9 Å². The van der Waals surface area contributed by atoms with Gasteiger partial charge in [-0.1, -0.05) is 53.5 Å². The second kappa shape index (κ2) is 6.37. The molecule has 0 amide bonds. The maximum Gasteiger partial charge on any atom is 0.127 e. The summed E-state index contributed by atoms with van der Waals surface area (Å²) in [5, 5.41) is 9.65. The number of ether oxygens (including phenoxy) is 1. The molecule has 1 aliphatic heterocycles. The lowest BCUT2D eigenvalue weighted by molar-refractivity contribution is 0.307. The number of hydrogen-bond donors (Lipinski definition) is 0. The van der Waals surface area contributed by atoms with Crippen LogP contribution in [0.2, 0.25) is 0 Å². The van der Waals surface area contributed by atoms with E-state index < -0.39 is 0 Å². The van der Waals surface area contributed by atoms with Gasteiger partial charge in [-0.3, -0.25) is 0 Å². The Labute approximate surface area is 139 Å². The summed E-state index contributed by atoms with van der Waals surface area (Å²) in [4.78, 5) is 0. The van der Waals surface area contributed by atoms with Crippen LogP contribution in [0.15, 0.2) is 52.5 Å². The Morgan fingerprint density at radius 1 is 1.23 bits per heavy atom. The molecule has 0 aromatic heterocycles. The Hall–Kier alpha value is -2.05. The number of halogens is 1. The van der Waals surface area contributed by atoms with E-state index in [1.165, 1.54) is 0 Å². The number of benzene rings is 2. The fourth-order valence-electron chi connectivity index (χ4n) is 2.84. The van der Waals surface area contributed by atoms with E-state index in [2.05, 4.69) is 41.1 Å².